The molecule has 3 aliphatic rings. The molecule has 9 aromatic rings. The molecule has 0 saturated heterocycles. The molecule has 0 atom stereocenters. The minimum Gasteiger partial charge on any atom is -0.311 e. The van der Waals surface area contributed by atoms with Crippen LogP contribution in [-0.4, -0.2) is 6.71 Å². The smallest absolute Gasteiger partial charge is 0.252 e. The van der Waals surface area contributed by atoms with E-state index in [1.54, 1.807) is 5.56 Å². The Morgan fingerprint density at radius 3 is 1.61 bits per heavy atom. The van der Waals surface area contributed by atoms with Gasteiger partial charge in [-0.05, 0) is 160 Å². The third-order valence-electron chi connectivity index (χ3n) is 13.5. The van der Waals surface area contributed by atoms with Crippen LogP contribution < -0.4 is 31.1 Å². The molecule has 61 heavy (non-hydrogen) atoms. The summed E-state index contributed by atoms with van der Waals surface area (Å²) in [5.41, 5.74) is 24.0. The molecule has 3 nitrogen and oxygen atoms in total. The molecular weight excluding hydrogens is 758 g/mol. The number of benzene rings is 8. The Hall–Kier alpha value is -6.56. The highest BCUT2D eigenvalue weighted by Gasteiger charge is 2.44. The Morgan fingerprint density at radius 2 is 1.00 bits per heavy atom. The van der Waals surface area contributed by atoms with Gasteiger partial charge in [-0.3, -0.25) is 0 Å². The van der Waals surface area contributed by atoms with Crippen LogP contribution in [0.2, 0.25) is 0 Å². The molecule has 0 saturated carbocycles. The number of thiophene rings is 1. The summed E-state index contributed by atoms with van der Waals surface area (Å²) >= 11 is 2.01. The van der Waals surface area contributed by atoms with E-state index >= 15 is 0 Å². The minimum atomic E-state index is 0.0277. The van der Waals surface area contributed by atoms with E-state index in [1.165, 1.54) is 118 Å². The average Bonchev–Trinajstić information content (AvgIpc) is 3.90. The second-order valence-corrected chi connectivity index (χ2v) is 18.7. The number of anilines is 9. The summed E-state index contributed by atoms with van der Waals surface area (Å²) in [6, 6.07) is 58.2. The Morgan fingerprint density at radius 1 is 0.459 bits per heavy atom. The molecule has 0 amide bonds. The van der Waals surface area contributed by atoms with Gasteiger partial charge in [0.1, 0.15) is 0 Å². The van der Waals surface area contributed by atoms with Crippen molar-refractivity contribution in [2.75, 3.05) is 14.7 Å². The van der Waals surface area contributed by atoms with Crippen LogP contribution in [0.25, 0.3) is 20.2 Å². The van der Waals surface area contributed by atoms with Gasteiger partial charge in [-0.25, -0.2) is 0 Å². The number of rotatable bonds is 5. The van der Waals surface area contributed by atoms with Gasteiger partial charge < -0.3 is 14.7 Å². The normalized spacial score (nSPS) is 13.7. The van der Waals surface area contributed by atoms with Crippen molar-refractivity contribution in [3.63, 3.8) is 0 Å². The van der Waals surface area contributed by atoms with Crippen molar-refractivity contribution in [3.8, 4) is 0 Å². The van der Waals surface area contributed by atoms with Crippen molar-refractivity contribution >= 4 is 106 Å². The summed E-state index contributed by atoms with van der Waals surface area (Å²) in [4.78, 5) is 7.57. The molecule has 0 N–H and O–H groups in total. The fraction of sp³-hybridized carbons (Fsp3) is 0.143. The summed E-state index contributed by atoms with van der Waals surface area (Å²) in [6.45, 7) is 11.0. The predicted molar refractivity (Wildman–Crippen MR) is 264 cm³/mol. The molecule has 2 aliphatic heterocycles. The van der Waals surface area contributed by atoms with Crippen LogP contribution in [-0.2, 0) is 12.8 Å². The Kier molecular flexibility index (Phi) is 8.18. The Bertz CT molecular complexity index is 3170. The monoisotopic (exact) mass is 803 g/mol. The van der Waals surface area contributed by atoms with Gasteiger partial charge in [-0.2, -0.15) is 0 Å². The van der Waals surface area contributed by atoms with E-state index in [9.17, 15) is 0 Å². The van der Waals surface area contributed by atoms with Gasteiger partial charge in [0, 0.05) is 65.7 Å². The van der Waals surface area contributed by atoms with Gasteiger partial charge in [0.25, 0.3) is 6.71 Å². The zero-order valence-electron chi connectivity index (χ0n) is 35.4. The second-order valence-electron chi connectivity index (χ2n) is 17.7. The fourth-order valence-corrected chi connectivity index (χ4v) is 11.7. The third-order valence-corrected chi connectivity index (χ3v) is 14.7. The van der Waals surface area contributed by atoms with Crippen LogP contribution in [0.5, 0.6) is 0 Å². The molecule has 5 heteroatoms. The Labute approximate surface area is 363 Å². The zero-order valence-corrected chi connectivity index (χ0v) is 36.2. The van der Waals surface area contributed by atoms with Crippen molar-refractivity contribution in [1.29, 1.82) is 0 Å². The predicted octanol–water partition coefficient (Wildman–Crippen LogP) is 13.6. The minimum absolute atomic E-state index is 0.0277. The lowest BCUT2D eigenvalue weighted by molar-refractivity contribution is 0.914. The summed E-state index contributed by atoms with van der Waals surface area (Å²) < 4.78 is 2.85. The van der Waals surface area contributed by atoms with Crippen LogP contribution in [0.3, 0.4) is 0 Å². The molecule has 1 aromatic heterocycles. The summed E-state index contributed by atoms with van der Waals surface area (Å²) in [5.74, 6) is 0. The number of fused-ring (bicyclic) bond motifs is 9. The lowest BCUT2D eigenvalue weighted by Gasteiger charge is -2.45. The number of hydrogen-bond acceptors (Lipinski definition) is 4. The highest BCUT2D eigenvalue weighted by Crippen LogP contribution is 2.50. The first-order valence-electron chi connectivity index (χ1n) is 21.7. The van der Waals surface area contributed by atoms with E-state index in [1.807, 2.05) is 11.3 Å². The van der Waals surface area contributed by atoms with E-state index in [4.69, 9.17) is 0 Å². The van der Waals surface area contributed by atoms with E-state index in [0.29, 0.717) is 0 Å². The first-order valence-corrected chi connectivity index (χ1v) is 22.6. The van der Waals surface area contributed by atoms with Gasteiger partial charge in [0.05, 0.1) is 5.69 Å². The maximum Gasteiger partial charge on any atom is 0.252 e. The first-order chi connectivity index (χ1) is 29.8. The van der Waals surface area contributed by atoms with Gasteiger partial charge >= 0.3 is 0 Å². The molecule has 0 fully saturated rings. The largest absolute Gasteiger partial charge is 0.311 e. The van der Waals surface area contributed by atoms with E-state index < -0.39 is 0 Å². The summed E-state index contributed by atoms with van der Waals surface area (Å²) in [5, 5.41) is 2.75. The van der Waals surface area contributed by atoms with Gasteiger partial charge in [0.2, 0.25) is 0 Å². The van der Waals surface area contributed by atoms with Crippen LogP contribution in [0, 0.1) is 34.6 Å². The van der Waals surface area contributed by atoms with Crippen molar-refractivity contribution < 1.29 is 0 Å². The molecule has 294 valence electrons. The highest BCUT2D eigenvalue weighted by atomic mass is 32.1. The van der Waals surface area contributed by atoms with Crippen molar-refractivity contribution in [2.45, 2.75) is 53.9 Å². The van der Waals surface area contributed by atoms with Crippen molar-refractivity contribution in [2.24, 2.45) is 0 Å². The molecule has 0 spiro atoms. The van der Waals surface area contributed by atoms with Crippen molar-refractivity contribution in [1.82, 2.24) is 0 Å². The van der Waals surface area contributed by atoms with Crippen LogP contribution in [0.1, 0.15) is 45.4 Å². The highest BCUT2D eigenvalue weighted by molar-refractivity contribution is 7.26. The maximum absolute atomic E-state index is 2.58. The molecule has 1 aliphatic carbocycles. The van der Waals surface area contributed by atoms with Gasteiger partial charge in [-0.15, -0.1) is 11.3 Å². The molecular formula is C56H46BN3S. The Balaban J connectivity index is 1.22. The molecule has 12 rings (SSSR count). The number of nitrogens with zero attached hydrogens (tertiary/aromatic N) is 3. The van der Waals surface area contributed by atoms with Crippen LogP contribution >= 0.6 is 11.3 Å². The molecule has 0 radical (unpaired) electrons. The standard InChI is InChI=1S/C56H46BN3S/c1-34-9-19-40(20-10-34)58(41-21-11-35(2)12-22-41)44-30-52-55-53(31-44)60(43-25-15-37(4)16-26-43)51-32-47-46-27-18-39-7-6-8-45(39)56(46)61-54(47)33-49(51)57(55)48-29-38(5)17-28-50(48)59(52)42-23-13-36(3)14-24-42/h9-33H,6-8H2,1-5H3. The number of aryl methyl sites for hydroxylation is 7. The average molecular weight is 804 g/mol. The molecule has 8 aromatic carbocycles. The third kappa shape index (κ3) is 5.71. The lowest BCUT2D eigenvalue weighted by atomic mass is 9.33. The maximum atomic E-state index is 2.58. The SMILES string of the molecule is Cc1ccc(N(c2ccc(C)cc2)c2cc3c4c(c2)N(c2ccc(C)cc2)c2cc5c(cc2B4c2cc(C)ccc2N3c2ccc(C)cc2)sc2c3c(ccc25)CCC3)cc1. The van der Waals surface area contributed by atoms with E-state index in [-0.39, 0.29) is 6.71 Å². The first kappa shape index (κ1) is 36.3. The quantitative estimate of drug-likeness (QED) is 0.161. The topological polar surface area (TPSA) is 9.72 Å². The molecule has 3 heterocycles. The second kappa shape index (κ2) is 13.7. The van der Waals surface area contributed by atoms with E-state index in [0.717, 1.165) is 22.7 Å². The van der Waals surface area contributed by atoms with Crippen molar-refractivity contribution in [3.05, 3.63) is 191 Å². The zero-order chi connectivity index (χ0) is 41.1. The van der Waals surface area contributed by atoms with Gasteiger partial charge in [0.15, 0.2) is 0 Å². The number of hydrogen-bond donors (Lipinski definition) is 0. The van der Waals surface area contributed by atoms with E-state index in [2.05, 4.69) is 201 Å². The summed E-state index contributed by atoms with van der Waals surface area (Å²) in [6.07, 6.45) is 3.61. The molecule has 0 bridgehead atoms. The summed E-state index contributed by atoms with van der Waals surface area (Å²) in [7, 11) is 0. The lowest BCUT2D eigenvalue weighted by Crippen LogP contribution is -2.61. The van der Waals surface area contributed by atoms with Crippen LogP contribution in [0.15, 0.2) is 152 Å². The molecule has 0 unspecified atom stereocenters. The van der Waals surface area contributed by atoms with Gasteiger partial charge in [-0.1, -0.05) is 101 Å². The van der Waals surface area contributed by atoms with Crippen LogP contribution in [0.4, 0.5) is 51.2 Å². The fourth-order valence-electron chi connectivity index (χ4n) is 10.4.